The van der Waals surface area contributed by atoms with Gasteiger partial charge in [-0.1, -0.05) is 36.2 Å². The zero-order valence-corrected chi connectivity index (χ0v) is 12.1. The van der Waals surface area contributed by atoms with Gasteiger partial charge >= 0.3 is 0 Å². The van der Waals surface area contributed by atoms with Crippen LogP contribution in [0.15, 0.2) is 18.2 Å². The van der Waals surface area contributed by atoms with Crippen molar-refractivity contribution in [1.82, 2.24) is 4.90 Å². The van der Waals surface area contributed by atoms with Gasteiger partial charge in [-0.15, -0.1) is 0 Å². The minimum atomic E-state index is 0.0698. The summed E-state index contributed by atoms with van der Waals surface area (Å²) >= 11 is 0. The van der Waals surface area contributed by atoms with Gasteiger partial charge in [0.15, 0.2) is 0 Å². The lowest BCUT2D eigenvalue weighted by atomic mass is 10.0. The monoisotopic (exact) mass is 250 g/mol. The first-order chi connectivity index (χ1) is 8.56. The van der Waals surface area contributed by atoms with E-state index in [0.29, 0.717) is 0 Å². The van der Waals surface area contributed by atoms with Crippen molar-refractivity contribution >= 4 is 0 Å². The molecular weight excluding hydrogens is 224 g/mol. The zero-order chi connectivity index (χ0) is 13.5. The van der Waals surface area contributed by atoms with Crippen LogP contribution in [0.5, 0.6) is 0 Å². The van der Waals surface area contributed by atoms with Gasteiger partial charge in [0.2, 0.25) is 0 Å². The Morgan fingerprint density at radius 1 is 1.22 bits per heavy atom. The fraction of sp³-hybridized carbons (Fsp3) is 0.600. The highest BCUT2D eigenvalue weighted by atomic mass is 16.5. The second-order valence-electron chi connectivity index (χ2n) is 4.91. The Bertz CT molecular complexity index is 345. The summed E-state index contributed by atoms with van der Waals surface area (Å²) in [5.41, 5.74) is 10.1. The average Bonchev–Trinajstić information content (AvgIpc) is 2.32. The quantitative estimate of drug-likeness (QED) is 0.807. The van der Waals surface area contributed by atoms with Crippen LogP contribution in [-0.4, -0.2) is 38.3 Å². The smallest absolute Gasteiger partial charge is 0.0589 e. The molecule has 1 aromatic rings. The van der Waals surface area contributed by atoms with Gasteiger partial charge < -0.3 is 10.5 Å². The van der Waals surface area contributed by atoms with E-state index in [4.69, 9.17) is 10.5 Å². The van der Waals surface area contributed by atoms with E-state index in [1.807, 2.05) is 0 Å². The van der Waals surface area contributed by atoms with Crippen LogP contribution in [-0.2, 0) is 4.74 Å². The first kappa shape index (κ1) is 15.2. The van der Waals surface area contributed by atoms with Crippen molar-refractivity contribution in [2.45, 2.75) is 26.8 Å². The van der Waals surface area contributed by atoms with Gasteiger partial charge in [-0.25, -0.2) is 0 Å². The molecule has 0 aliphatic heterocycles. The van der Waals surface area contributed by atoms with E-state index in [9.17, 15) is 0 Å². The Kier molecular flexibility index (Phi) is 6.33. The van der Waals surface area contributed by atoms with Crippen molar-refractivity contribution in [3.8, 4) is 0 Å². The van der Waals surface area contributed by atoms with Crippen molar-refractivity contribution in [3.05, 3.63) is 34.9 Å². The molecule has 0 heterocycles. The van der Waals surface area contributed by atoms with Crippen LogP contribution in [0.3, 0.4) is 0 Å². The number of rotatable bonds is 7. The number of methoxy groups -OCH3 is 1. The van der Waals surface area contributed by atoms with Crippen LogP contribution < -0.4 is 5.73 Å². The third kappa shape index (κ3) is 4.77. The van der Waals surface area contributed by atoms with E-state index in [1.165, 1.54) is 16.7 Å². The second kappa shape index (κ2) is 7.52. The number of benzene rings is 1. The molecule has 0 spiro atoms. The van der Waals surface area contributed by atoms with Crippen molar-refractivity contribution in [2.75, 3.05) is 33.4 Å². The van der Waals surface area contributed by atoms with E-state index < -0.39 is 0 Å². The van der Waals surface area contributed by atoms with Crippen LogP contribution in [0, 0.1) is 13.8 Å². The van der Waals surface area contributed by atoms with Crippen LogP contribution in [0.4, 0.5) is 0 Å². The summed E-state index contributed by atoms with van der Waals surface area (Å²) in [6.45, 7) is 9.96. The summed E-state index contributed by atoms with van der Waals surface area (Å²) in [5, 5.41) is 0. The Morgan fingerprint density at radius 2 is 1.83 bits per heavy atom. The molecule has 1 aromatic carbocycles. The molecule has 0 aromatic heterocycles. The van der Waals surface area contributed by atoms with Crippen molar-refractivity contribution < 1.29 is 4.74 Å². The molecule has 1 unspecified atom stereocenters. The van der Waals surface area contributed by atoms with Gasteiger partial charge in [0.05, 0.1) is 6.61 Å². The number of aryl methyl sites for hydroxylation is 2. The molecule has 0 bridgehead atoms. The molecule has 1 atom stereocenters. The van der Waals surface area contributed by atoms with Gasteiger partial charge in [-0.2, -0.15) is 0 Å². The summed E-state index contributed by atoms with van der Waals surface area (Å²) in [6, 6.07) is 6.61. The summed E-state index contributed by atoms with van der Waals surface area (Å²) < 4.78 is 5.12. The molecule has 3 heteroatoms. The molecule has 102 valence electrons. The molecule has 2 N–H and O–H groups in total. The lowest BCUT2D eigenvalue weighted by Crippen LogP contribution is -2.34. The normalized spacial score (nSPS) is 13.0. The predicted molar refractivity (Wildman–Crippen MR) is 76.8 cm³/mol. The average molecular weight is 250 g/mol. The molecule has 0 saturated carbocycles. The van der Waals surface area contributed by atoms with Crippen molar-refractivity contribution in [1.29, 1.82) is 0 Å². The fourth-order valence-corrected chi connectivity index (χ4v) is 2.21. The Labute approximate surface area is 111 Å². The predicted octanol–water partition coefficient (Wildman–Crippen LogP) is 2.27. The SMILES string of the molecule is CCN(CCOC)CC(N)c1cc(C)cc(C)c1. The molecule has 0 aliphatic rings. The summed E-state index contributed by atoms with van der Waals surface area (Å²) in [4.78, 5) is 2.33. The van der Waals surface area contributed by atoms with Crippen LogP contribution in [0.2, 0.25) is 0 Å². The van der Waals surface area contributed by atoms with Gasteiger partial charge in [-0.3, -0.25) is 4.90 Å². The van der Waals surface area contributed by atoms with Crippen molar-refractivity contribution in [2.24, 2.45) is 5.73 Å². The second-order valence-corrected chi connectivity index (χ2v) is 4.91. The van der Waals surface area contributed by atoms with E-state index in [0.717, 1.165) is 26.2 Å². The standard InChI is InChI=1S/C15H26N2O/c1-5-17(6-7-18-4)11-15(16)14-9-12(2)8-13(3)10-14/h8-10,15H,5-7,11,16H2,1-4H3. The number of likely N-dealkylation sites (N-methyl/N-ethyl adjacent to an activating group) is 1. The number of nitrogens with zero attached hydrogens (tertiary/aromatic N) is 1. The topological polar surface area (TPSA) is 38.5 Å². The maximum absolute atomic E-state index is 6.30. The lowest BCUT2D eigenvalue weighted by molar-refractivity contribution is 0.147. The molecular formula is C15H26N2O. The maximum atomic E-state index is 6.30. The molecule has 1 rings (SSSR count). The molecule has 0 radical (unpaired) electrons. The van der Waals surface area contributed by atoms with E-state index in [2.05, 4.69) is 43.9 Å². The van der Waals surface area contributed by atoms with E-state index >= 15 is 0 Å². The molecule has 18 heavy (non-hydrogen) atoms. The van der Waals surface area contributed by atoms with Gasteiger partial charge in [-0.05, 0) is 26.0 Å². The van der Waals surface area contributed by atoms with E-state index in [1.54, 1.807) is 7.11 Å². The summed E-state index contributed by atoms with van der Waals surface area (Å²) in [6.07, 6.45) is 0. The van der Waals surface area contributed by atoms with Gasteiger partial charge in [0, 0.05) is 26.2 Å². The molecule has 0 fully saturated rings. The summed E-state index contributed by atoms with van der Waals surface area (Å²) in [5.74, 6) is 0. The summed E-state index contributed by atoms with van der Waals surface area (Å²) in [7, 11) is 1.73. The Balaban J connectivity index is 2.65. The number of hydrogen-bond donors (Lipinski definition) is 1. The van der Waals surface area contributed by atoms with E-state index in [-0.39, 0.29) is 6.04 Å². The van der Waals surface area contributed by atoms with Crippen molar-refractivity contribution in [3.63, 3.8) is 0 Å². The minimum Gasteiger partial charge on any atom is -0.383 e. The number of hydrogen-bond acceptors (Lipinski definition) is 3. The van der Waals surface area contributed by atoms with Gasteiger partial charge in [0.1, 0.15) is 0 Å². The lowest BCUT2D eigenvalue weighted by Gasteiger charge is -2.24. The highest BCUT2D eigenvalue weighted by Gasteiger charge is 2.11. The van der Waals surface area contributed by atoms with Crippen LogP contribution in [0.25, 0.3) is 0 Å². The first-order valence-electron chi connectivity index (χ1n) is 6.62. The molecule has 0 saturated heterocycles. The highest BCUT2D eigenvalue weighted by Crippen LogP contribution is 2.16. The highest BCUT2D eigenvalue weighted by molar-refractivity contribution is 5.30. The third-order valence-corrected chi connectivity index (χ3v) is 3.19. The fourth-order valence-electron chi connectivity index (χ4n) is 2.21. The Hall–Kier alpha value is -0.900. The van der Waals surface area contributed by atoms with Gasteiger partial charge in [0.25, 0.3) is 0 Å². The third-order valence-electron chi connectivity index (χ3n) is 3.19. The number of nitrogens with two attached hydrogens (primary N) is 1. The molecule has 0 amide bonds. The first-order valence-corrected chi connectivity index (χ1v) is 6.62. The zero-order valence-electron chi connectivity index (χ0n) is 12.1. The molecule has 3 nitrogen and oxygen atoms in total. The largest absolute Gasteiger partial charge is 0.383 e. The Morgan fingerprint density at radius 3 is 2.33 bits per heavy atom. The minimum absolute atomic E-state index is 0.0698. The molecule has 0 aliphatic carbocycles. The maximum Gasteiger partial charge on any atom is 0.0589 e. The van der Waals surface area contributed by atoms with Crippen LogP contribution in [0.1, 0.15) is 29.7 Å². The van der Waals surface area contributed by atoms with Crippen LogP contribution >= 0.6 is 0 Å². The number of ether oxygens (including phenoxy) is 1.